The van der Waals surface area contributed by atoms with Gasteiger partial charge < -0.3 is 9.15 Å². The van der Waals surface area contributed by atoms with E-state index >= 15 is 0 Å². The van der Waals surface area contributed by atoms with E-state index in [9.17, 15) is 0 Å². The Morgan fingerprint density at radius 1 is 1.21 bits per heavy atom. The van der Waals surface area contributed by atoms with Gasteiger partial charge in [-0.25, -0.2) is 4.98 Å². The Morgan fingerprint density at radius 3 is 2.79 bits per heavy atom. The van der Waals surface area contributed by atoms with Gasteiger partial charge in [0.1, 0.15) is 5.75 Å². The molecule has 3 nitrogen and oxygen atoms in total. The van der Waals surface area contributed by atoms with Crippen LogP contribution in [0.3, 0.4) is 0 Å². The molecule has 96 valence electrons. The third-order valence-corrected chi connectivity index (χ3v) is 3.10. The zero-order valence-corrected chi connectivity index (χ0v) is 10.8. The van der Waals surface area contributed by atoms with Gasteiger partial charge in [0.15, 0.2) is 5.76 Å². The predicted octanol–water partition coefficient (Wildman–Crippen LogP) is 3.81. The summed E-state index contributed by atoms with van der Waals surface area (Å²) in [6, 6.07) is 7.86. The first-order chi connectivity index (χ1) is 9.35. The summed E-state index contributed by atoms with van der Waals surface area (Å²) in [4.78, 5) is 4.47. The summed E-state index contributed by atoms with van der Waals surface area (Å²) in [5, 5.41) is 0. The molecule has 0 atom stereocenters. The van der Waals surface area contributed by atoms with Crippen molar-refractivity contribution in [3.05, 3.63) is 53.2 Å². The number of rotatable bonds is 3. The molecular weight excluding hydrogens is 238 g/mol. The molecule has 1 aromatic heterocycles. The summed E-state index contributed by atoms with van der Waals surface area (Å²) in [6.07, 6.45) is 10.0. The zero-order valence-electron chi connectivity index (χ0n) is 10.8. The molecule has 1 aliphatic carbocycles. The van der Waals surface area contributed by atoms with Gasteiger partial charge in [0.25, 0.3) is 0 Å². The Balaban J connectivity index is 1.78. The second-order valence-electron chi connectivity index (χ2n) is 4.41. The first-order valence-corrected chi connectivity index (χ1v) is 6.33. The van der Waals surface area contributed by atoms with Gasteiger partial charge in [-0.05, 0) is 42.7 Å². The lowest BCUT2D eigenvalue weighted by Crippen LogP contribution is -1.90. The maximum atomic E-state index is 5.66. The second kappa shape index (κ2) is 5.14. The number of methoxy groups -OCH3 is 1. The Bertz CT molecular complexity index is 621. The van der Waals surface area contributed by atoms with Gasteiger partial charge in [-0.15, -0.1) is 0 Å². The number of hydrogen-bond donors (Lipinski definition) is 0. The molecule has 0 bridgehead atoms. The minimum atomic E-state index is 0.660. The van der Waals surface area contributed by atoms with E-state index in [1.807, 2.05) is 42.5 Å². The topological polar surface area (TPSA) is 35.3 Å². The number of oxazole rings is 1. The molecule has 1 aromatic carbocycles. The van der Waals surface area contributed by atoms with Crippen molar-refractivity contribution in [1.82, 2.24) is 4.98 Å². The van der Waals surface area contributed by atoms with E-state index in [1.165, 1.54) is 0 Å². The highest BCUT2D eigenvalue weighted by Gasteiger charge is 2.11. The van der Waals surface area contributed by atoms with E-state index in [-0.39, 0.29) is 0 Å². The number of fused-ring (bicyclic) bond motifs is 1. The smallest absolute Gasteiger partial charge is 0.219 e. The van der Waals surface area contributed by atoms with E-state index in [2.05, 4.69) is 11.1 Å². The van der Waals surface area contributed by atoms with Crippen LogP contribution < -0.4 is 4.74 Å². The highest BCUT2D eigenvalue weighted by molar-refractivity contribution is 5.67. The molecule has 0 amide bonds. The summed E-state index contributed by atoms with van der Waals surface area (Å²) in [7, 11) is 1.66. The molecule has 1 aliphatic rings. The largest absolute Gasteiger partial charge is 0.497 e. The lowest BCUT2D eigenvalue weighted by atomic mass is 10.1. The summed E-state index contributed by atoms with van der Waals surface area (Å²) in [5.74, 6) is 2.40. The fourth-order valence-electron chi connectivity index (χ4n) is 2.06. The Morgan fingerprint density at radius 2 is 2.05 bits per heavy atom. The Hall–Kier alpha value is -2.29. The van der Waals surface area contributed by atoms with Gasteiger partial charge in [0, 0.05) is 6.08 Å². The van der Waals surface area contributed by atoms with Crippen molar-refractivity contribution in [1.29, 1.82) is 0 Å². The van der Waals surface area contributed by atoms with Crippen molar-refractivity contribution in [3.63, 3.8) is 0 Å². The van der Waals surface area contributed by atoms with Gasteiger partial charge in [-0.1, -0.05) is 18.2 Å². The van der Waals surface area contributed by atoms with Gasteiger partial charge in [0.2, 0.25) is 5.89 Å². The van der Waals surface area contributed by atoms with Crippen molar-refractivity contribution in [2.24, 2.45) is 0 Å². The number of allylic oxidation sites excluding steroid dienone is 1. The third-order valence-electron chi connectivity index (χ3n) is 3.10. The number of benzene rings is 1. The molecule has 0 N–H and O–H groups in total. The monoisotopic (exact) mass is 253 g/mol. The Kier molecular flexibility index (Phi) is 3.19. The number of hydrogen-bond acceptors (Lipinski definition) is 3. The molecule has 3 rings (SSSR count). The Labute approximate surface area is 112 Å². The first kappa shape index (κ1) is 11.8. The lowest BCUT2D eigenvalue weighted by Gasteiger charge is -1.98. The summed E-state index contributed by atoms with van der Waals surface area (Å²) >= 11 is 0. The molecule has 1 heterocycles. The van der Waals surface area contributed by atoms with Crippen molar-refractivity contribution in [2.75, 3.05) is 7.11 Å². The normalized spacial score (nSPS) is 13.7. The molecule has 0 aliphatic heterocycles. The average Bonchev–Trinajstić information content (AvgIpc) is 2.88. The maximum absolute atomic E-state index is 5.66. The van der Waals surface area contributed by atoms with Crippen LogP contribution in [0.25, 0.3) is 18.2 Å². The minimum Gasteiger partial charge on any atom is -0.497 e. The van der Waals surface area contributed by atoms with Gasteiger partial charge in [-0.2, -0.15) is 0 Å². The molecular formula is C16H15NO2. The van der Waals surface area contributed by atoms with Crippen LogP contribution in [0.4, 0.5) is 0 Å². The number of aryl methyl sites for hydroxylation is 1. The molecule has 0 saturated carbocycles. The number of aromatic nitrogens is 1. The fourth-order valence-corrected chi connectivity index (χ4v) is 2.06. The predicted molar refractivity (Wildman–Crippen MR) is 75.8 cm³/mol. The zero-order chi connectivity index (χ0) is 13.1. The van der Waals surface area contributed by atoms with Crippen LogP contribution in [0.1, 0.15) is 29.3 Å². The minimum absolute atomic E-state index is 0.660. The van der Waals surface area contributed by atoms with Crippen LogP contribution in [0.2, 0.25) is 0 Å². The van der Waals surface area contributed by atoms with Crippen LogP contribution in [-0.2, 0) is 6.42 Å². The second-order valence-corrected chi connectivity index (χ2v) is 4.41. The summed E-state index contributed by atoms with van der Waals surface area (Å²) in [5.41, 5.74) is 2.14. The van der Waals surface area contributed by atoms with Gasteiger partial charge in [0.05, 0.1) is 12.8 Å². The van der Waals surface area contributed by atoms with E-state index < -0.39 is 0 Å². The van der Waals surface area contributed by atoms with Crippen LogP contribution in [0.5, 0.6) is 5.75 Å². The van der Waals surface area contributed by atoms with E-state index in [1.54, 1.807) is 7.11 Å². The SMILES string of the molecule is COc1ccc(/C=C/c2nc3c(o2)C=CCC3)cc1. The molecule has 0 fully saturated rings. The lowest BCUT2D eigenvalue weighted by molar-refractivity contribution is 0.415. The van der Waals surface area contributed by atoms with Crippen LogP contribution in [-0.4, -0.2) is 12.1 Å². The molecule has 0 radical (unpaired) electrons. The van der Waals surface area contributed by atoms with Crippen LogP contribution in [0.15, 0.2) is 34.8 Å². The highest BCUT2D eigenvalue weighted by Crippen LogP contribution is 2.21. The summed E-state index contributed by atoms with van der Waals surface area (Å²) < 4.78 is 10.8. The molecule has 0 unspecified atom stereocenters. The number of nitrogens with zero attached hydrogens (tertiary/aromatic N) is 1. The number of ether oxygens (including phenoxy) is 1. The molecule has 3 heteroatoms. The average molecular weight is 253 g/mol. The van der Waals surface area contributed by atoms with E-state index in [0.717, 1.165) is 35.6 Å². The molecule has 0 saturated heterocycles. The molecule has 2 aromatic rings. The van der Waals surface area contributed by atoms with Crippen LogP contribution in [0, 0.1) is 0 Å². The van der Waals surface area contributed by atoms with Gasteiger partial charge in [-0.3, -0.25) is 0 Å². The van der Waals surface area contributed by atoms with Crippen molar-refractivity contribution in [2.45, 2.75) is 12.8 Å². The standard InChI is InChI=1S/C16H15NO2/c1-18-13-9-6-12(7-10-13)8-11-16-17-14-4-2-3-5-15(14)19-16/h3,5-11H,2,4H2,1H3/b11-8+. The quantitative estimate of drug-likeness (QED) is 0.834. The van der Waals surface area contributed by atoms with Crippen molar-refractivity contribution < 1.29 is 9.15 Å². The fraction of sp³-hybridized carbons (Fsp3) is 0.188. The summed E-state index contributed by atoms with van der Waals surface area (Å²) in [6.45, 7) is 0. The molecule has 0 spiro atoms. The van der Waals surface area contributed by atoms with Crippen molar-refractivity contribution >= 4 is 18.2 Å². The first-order valence-electron chi connectivity index (χ1n) is 6.33. The highest BCUT2D eigenvalue weighted by atomic mass is 16.5. The van der Waals surface area contributed by atoms with Crippen LogP contribution >= 0.6 is 0 Å². The third kappa shape index (κ3) is 2.60. The van der Waals surface area contributed by atoms with E-state index in [0.29, 0.717) is 5.89 Å². The molecule has 19 heavy (non-hydrogen) atoms. The van der Waals surface area contributed by atoms with Crippen molar-refractivity contribution in [3.8, 4) is 5.75 Å². The van der Waals surface area contributed by atoms with E-state index in [4.69, 9.17) is 9.15 Å². The van der Waals surface area contributed by atoms with Gasteiger partial charge >= 0.3 is 0 Å². The maximum Gasteiger partial charge on any atom is 0.219 e.